The molecule has 110 valence electrons. The van der Waals surface area contributed by atoms with E-state index in [1.54, 1.807) is 0 Å². The van der Waals surface area contributed by atoms with Crippen LogP contribution in [0.15, 0.2) is 12.2 Å². The minimum atomic E-state index is 0.962. The number of hydrogen-bond acceptors (Lipinski definition) is 0. The topological polar surface area (TPSA) is 0 Å². The second-order valence-electron chi connectivity index (χ2n) is 7.75. The van der Waals surface area contributed by atoms with Crippen LogP contribution in [0.5, 0.6) is 0 Å². The van der Waals surface area contributed by atoms with Gasteiger partial charge in [0.05, 0.1) is 0 Å². The zero-order valence-electron chi connectivity index (χ0n) is 13.3. The summed E-state index contributed by atoms with van der Waals surface area (Å²) in [4.78, 5) is 0. The highest BCUT2D eigenvalue weighted by molar-refractivity contribution is 4.91. The Labute approximate surface area is 121 Å². The first kappa shape index (κ1) is 15.1. The van der Waals surface area contributed by atoms with E-state index in [2.05, 4.69) is 20.4 Å². The van der Waals surface area contributed by atoms with Crippen molar-refractivity contribution >= 4 is 0 Å². The monoisotopic (exact) mass is 262 g/mol. The molecule has 0 amide bonds. The molecular weight excluding hydrogens is 228 g/mol. The Balaban J connectivity index is 1.59. The smallest absolute Gasteiger partial charge is 0.0297 e. The standard InChI is InChI=1S/C19H34/c1-15(2)14-19-12-10-18(11-13-19)9-8-17-6-4-16(3)5-7-17/h16-19H,1,4-14H2,2-3H3. The van der Waals surface area contributed by atoms with E-state index >= 15 is 0 Å². The van der Waals surface area contributed by atoms with Crippen molar-refractivity contribution in [2.24, 2.45) is 23.7 Å². The fraction of sp³-hybridized carbons (Fsp3) is 0.895. The molecule has 2 rings (SSSR count). The molecule has 0 unspecified atom stereocenters. The summed E-state index contributed by atoms with van der Waals surface area (Å²) in [5.41, 5.74) is 1.39. The van der Waals surface area contributed by atoms with E-state index in [1.165, 1.54) is 76.2 Å². The van der Waals surface area contributed by atoms with Crippen molar-refractivity contribution in [2.75, 3.05) is 0 Å². The summed E-state index contributed by atoms with van der Waals surface area (Å²) in [7, 11) is 0. The van der Waals surface area contributed by atoms with Crippen molar-refractivity contribution in [3.05, 3.63) is 12.2 Å². The summed E-state index contributed by atoms with van der Waals surface area (Å²) in [6.45, 7) is 8.69. The SMILES string of the molecule is C=C(C)CC1CCC(CCC2CCC(C)CC2)CC1. The molecule has 0 aromatic carbocycles. The minimum absolute atomic E-state index is 0.962. The largest absolute Gasteiger partial charge is 0.100 e. The molecule has 0 spiro atoms. The van der Waals surface area contributed by atoms with Gasteiger partial charge in [-0.3, -0.25) is 0 Å². The van der Waals surface area contributed by atoms with Crippen LogP contribution in [-0.2, 0) is 0 Å². The van der Waals surface area contributed by atoms with Gasteiger partial charge >= 0.3 is 0 Å². The molecule has 0 aromatic heterocycles. The lowest BCUT2D eigenvalue weighted by Crippen LogP contribution is -2.17. The van der Waals surface area contributed by atoms with Crippen LogP contribution in [-0.4, -0.2) is 0 Å². The predicted molar refractivity (Wildman–Crippen MR) is 85.2 cm³/mol. The molecule has 0 N–H and O–H groups in total. The molecule has 19 heavy (non-hydrogen) atoms. The molecular formula is C19H34. The minimum Gasteiger partial charge on any atom is -0.100 e. The van der Waals surface area contributed by atoms with Gasteiger partial charge in [0.2, 0.25) is 0 Å². The van der Waals surface area contributed by atoms with Crippen molar-refractivity contribution in [1.82, 2.24) is 0 Å². The molecule has 2 fully saturated rings. The fourth-order valence-electron chi connectivity index (χ4n) is 4.31. The van der Waals surface area contributed by atoms with Crippen LogP contribution < -0.4 is 0 Å². The lowest BCUT2D eigenvalue weighted by atomic mass is 9.75. The molecule has 2 aliphatic carbocycles. The van der Waals surface area contributed by atoms with Gasteiger partial charge in [0.15, 0.2) is 0 Å². The molecule has 0 aliphatic heterocycles. The normalized spacial score (nSPS) is 36.1. The summed E-state index contributed by atoms with van der Waals surface area (Å²) in [6.07, 6.45) is 16.3. The third kappa shape index (κ3) is 5.32. The molecule has 0 atom stereocenters. The van der Waals surface area contributed by atoms with Crippen LogP contribution >= 0.6 is 0 Å². The van der Waals surface area contributed by atoms with Gasteiger partial charge in [0, 0.05) is 0 Å². The average Bonchev–Trinajstić information content (AvgIpc) is 2.39. The summed E-state index contributed by atoms with van der Waals surface area (Å²) >= 11 is 0. The van der Waals surface area contributed by atoms with Gasteiger partial charge < -0.3 is 0 Å². The number of allylic oxidation sites excluding steroid dienone is 1. The Morgan fingerprint density at radius 2 is 1.21 bits per heavy atom. The van der Waals surface area contributed by atoms with Gasteiger partial charge in [0.1, 0.15) is 0 Å². The molecule has 0 radical (unpaired) electrons. The molecule has 0 heterocycles. The lowest BCUT2D eigenvalue weighted by molar-refractivity contribution is 0.221. The predicted octanol–water partition coefficient (Wildman–Crippen LogP) is 6.37. The van der Waals surface area contributed by atoms with E-state index in [-0.39, 0.29) is 0 Å². The van der Waals surface area contributed by atoms with Crippen molar-refractivity contribution < 1.29 is 0 Å². The highest BCUT2D eigenvalue weighted by Crippen LogP contribution is 2.37. The highest BCUT2D eigenvalue weighted by atomic mass is 14.3. The molecule has 0 aromatic rings. The quantitative estimate of drug-likeness (QED) is 0.505. The molecule has 0 bridgehead atoms. The summed E-state index contributed by atoms with van der Waals surface area (Å²) in [5.74, 6) is 4.10. The average molecular weight is 262 g/mol. The maximum absolute atomic E-state index is 4.07. The second-order valence-corrected chi connectivity index (χ2v) is 7.75. The van der Waals surface area contributed by atoms with E-state index in [0.717, 1.165) is 23.7 Å². The van der Waals surface area contributed by atoms with Gasteiger partial charge in [-0.1, -0.05) is 63.9 Å². The Bertz CT molecular complexity index is 262. The number of rotatable bonds is 5. The molecule has 2 saturated carbocycles. The Morgan fingerprint density at radius 1 is 0.789 bits per heavy atom. The van der Waals surface area contributed by atoms with Crippen molar-refractivity contribution in [1.29, 1.82) is 0 Å². The molecule has 2 aliphatic rings. The first-order valence-corrected chi connectivity index (χ1v) is 8.78. The Kier molecular flexibility index (Phi) is 5.98. The van der Waals surface area contributed by atoms with Gasteiger partial charge in [-0.05, 0) is 49.9 Å². The maximum Gasteiger partial charge on any atom is -0.0297 e. The third-order valence-electron chi connectivity index (χ3n) is 5.72. The van der Waals surface area contributed by atoms with Crippen LogP contribution in [0.2, 0.25) is 0 Å². The van der Waals surface area contributed by atoms with Crippen LogP contribution in [0.3, 0.4) is 0 Å². The zero-order valence-corrected chi connectivity index (χ0v) is 13.3. The Hall–Kier alpha value is -0.260. The summed E-state index contributed by atoms with van der Waals surface area (Å²) < 4.78 is 0. The number of hydrogen-bond donors (Lipinski definition) is 0. The summed E-state index contributed by atoms with van der Waals surface area (Å²) in [6, 6.07) is 0. The van der Waals surface area contributed by atoms with E-state index < -0.39 is 0 Å². The molecule has 0 nitrogen and oxygen atoms in total. The lowest BCUT2D eigenvalue weighted by Gasteiger charge is -2.31. The van der Waals surface area contributed by atoms with E-state index in [4.69, 9.17) is 0 Å². The van der Waals surface area contributed by atoms with E-state index in [1.807, 2.05) is 0 Å². The van der Waals surface area contributed by atoms with Crippen LogP contribution in [0.1, 0.15) is 84.5 Å². The van der Waals surface area contributed by atoms with E-state index in [9.17, 15) is 0 Å². The van der Waals surface area contributed by atoms with E-state index in [0.29, 0.717) is 0 Å². The fourth-order valence-corrected chi connectivity index (χ4v) is 4.31. The highest BCUT2D eigenvalue weighted by Gasteiger charge is 2.23. The second kappa shape index (κ2) is 7.50. The van der Waals surface area contributed by atoms with Crippen LogP contribution in [0.4, 0.5) is 0 Å². The third-order valence-corrected chi connectivity index (χ3v) is 5.72. The molecule has 0 saturated heterocycles. The zero-order chi connectivity index (χ0) is 13.7. The van der Waals surface area contributed by atoms with Crippen molar-refractivity contribution in [2.45, 2.75) is 84.5 Å². The van der Waals surface area contributed by atoms with Gasteiger partial charge in [-0.15, -0.1) is 6.58 Å². The first-order valence-electron chi connectivity index (χ1n) is 8.78. The van der Waals surface area contributed by atoms with Gasteiger partial charge in [-0.25, -0.2) is 0 Å². The van der Waals surface area contributed by atoms with Gasteiger partial charge in [-0.2, -0.15) is 0 Å². The van der Waals surface area contributed by atoms with Crippen molar-refractivity contribution in [3.63, 3.8) is 0 Å². The summed E-state index contributed by atoms with van der Waals surface area (Å²) in [5, 5.41) is 0. The first-order chi connectivity index (χ1) is 9.13. The van der Waals surface area contributed by atoms with Crippen LogP contribution in [0, 0.1) is 23.7 Å². The van der Waals surface area contributed by atoms with Crippen molar-refractivity contribution in [3.8, 4) is 0 Å². The maximum atomic E-state index is 4.07. The van der Waals surface area contributed by atoms with Gasteiger partial charge in [0.25, 0.3) is 0 Å². The Morgan fingerprint density at radius 3 is 1.68 bits per heavy atom. The van der Waals surface area contributed by atoms with Crippen LogP contribution in [0.25, 0.3) is 0 Å². The molecule has 0 heteroatoms.